The normalized spacial score (nSPS) is 13.9. The largest absolute Gasteiger partial charge is 0.488 e. The number of halogens is 1. The number of aliphatic imine (C=N–C) groups is 1. The lowest BCUT2D eigenvalue weighted by Gasteiger charge is -2.23. The average molecular weight is 573 g/mol. The van der Waals surface area contributed by atoms with Gasteiger partial charge in [0.25, 0.3) is 0 Å². The lowest BCUT2D eigenvalue weighted by molar-refractivity contribution is 0.129. The van der Waals surface area contributed by atoms with E-state index in [9.17, 15) is 8.42 Å². The molecule has 1 heterocycles. The van der Waals surface area contributed by atoms with Crippen molar-refractivity contribution < 1.29 is 13.2 Å². The van der Waals surface area contributed by atoms with Gasteiger partial charge in [-0.2, -0.15) is 0 Å². The molecule has 2 aromatic carbocycles. The first-order chi connectivity index (χ1) is 14.7. The highest BCUT2D eigenvalue weighted by molar-refractivity contribution is 14.0. The highest BCUT2D eigenvalue weighted by Gasteiger charge is 2.28. The van der Waals surface area contributed by atoms with E-state index in [4.69, 9.17) is 4.74 Å². The van der Waals surface area contributed by atoms with Gasteiger partial charge in [0.1, 0.15) is 11.4 Å². The van der Waals surface area contributed by atoms with Crippen molar-refractivity contribution in [2.75, 3.05) is 30.2 Å². The van der Waals surface area contributed by atoms with Crippen LogP contribution in [0.1, 0.15) is 31.9 Å². The molecule has 0 saturated heterocycles. The molecule has 0 atom stereocenters. The minimum atomic E-state index is -3.40. The maximum absolute atomic E-state index is 12.8. The molecule has 0 aromatic heterocycles. The second-order valence-electron chi connectivity index (χ2n) is 8.44. The number of sulfonamides is 1. The minimum Gasteiger partial charge on any atom is -0.488 e. The summed E-state index contributed by atoms with van der Waals surface area (Å²) in [7, 11) is -1.74. The second-order valence-corrected chi connectivity index (χ2v) is 10.5. The molecule has 3 rings (SSSR count). The van der Waals surface area contributed by atoms with Crippen LogP contribution in [0.3, 0.4) is 0 Å². The number of ether oxygens (including phenoxy) is 1. The zero-order valence-electron chi connectivity index (χ0n) is 19.1. The summed E-state index contributed by atoms with van der Waals surface area (Å²) in [6, 6.07) is 15.5. The first-order valence-electron chi connectivity index (χ1n) is 10.5. The molecular weight excluding hydrogens is 539 g/mol. The molecule has 32 heavy (non-hydrogen) atoms. The number of hydrogen-bond acceptors (Lipinski definition) is 4. The summed E-state index contributed by atoms with van der Waals surface area (Å²) < 4.78 is 33.2. The van der Waals surface area contributed by atoms with Crippen LogP contribution in [-0.4, -0.2) is 45.9 Å². The number of anilines is 1. The Labute approximate surface area is 208 Å². The first-order valence-corrected chi connectivity index (χ1v) is 12.1. The van der Waals surface area contributed by atoms with Gasteiger partial charge in [-0.15, -0.1) is 24.0 Å². The molecule has 2 aromatic rings. The Bertz CT molecular complexity index is 1040. The van der Waals surface area contributed by atoms with E-state index in [1.807, 2.05) is 69.3 Å². The molecule has 0 unspecified atom stereocenters. The topological polar surface area (TPSA) is 83.0 Å². The quantitative estimate of drug-likeness (QED) is 0.302. The van der Waals surface area contributed by atoms with E-state index in [2.05, 4.69) is 15.6 Å². The summed E-state index contributed by atoms with van der Waals surface area (Å²) in [5, 5.41) is 6.34. The smallest absolute Gasteiger partial charge is 0.236 e. The number of para-hydroxylation sites is 2. The van der Waals surface area contributed by atoms with Crippen LogP contribution in [0.5, 0.6) is 5.75 Å². The molecule has 0 saturated carbocycles. The van der Waals surface area contributed by atoms with E-state index in [1.165, 1.54) is 4.31 Å². The lowest BCUT2D eigenvalue weighted by atomic mass is 10.1. The molecule has 7 nitrogen and oxygen atoms in total. The fraction of sp³-hybridized carbons (Fsp3) is 0.435. The summed E-state index contributed by atoms with van der Waals surface area (Å²) in [6.07, 6.45) is 0.752. The molecule has 0 amide bonds. The summed E-state index contributed by atoms with van der Waals surface area (Å²) in [5.41, 5.74) is 2.58. The highest BCUT2D eigenvalue weighted by atomic mass is 127. The van der Waals surface area contributed by atoms with Crippen molar-refractivity contribution in [3.63, 3.8) is 0 Å². The Balaban J connectivity index is 0.00000363. The molecule has 176 valence electrons. The van der Waals surface area contributed by atoms with Gasteiger partial charge in [-0.3, -0.25) is 9.30 Å². The molecule has 1 aliphatic heterocycles. The van der Waals surface area contributed by atoms with Crippen molar-refractivity contribution in [1.82, 2.24) is 10.6 Å². The Kier molecular flexibility index (Phi) is 9.20. The van der Waals surface area contributed by atoms with Gasteiger partial charge < -0.3 is 15.4 Å². The Hall–Kier alpha value is -2.01. The van der Waals surface area contributed by atoms with E-state index in [0.717, 1.165) is 29.0 Å². The molecule has 0 aliphatic carbocycles. The van der Waals surface area contributed by atoms with Crippen LogP contribution < -0.4 is 19.7 Å². The fourth-order valence-electron chi connectivity index (χ4n) is 3.48. The van der Waals surface area contributed by atoms with Crippen molar-refractivity contribution in [2.45, 2.75) is 39.3 Å². The first kappa shape index (κ1) is 26.2. The van der Waals surface area contributed by atoms with Crippen LogP contribution in [-0.2, 0) is 23.0 Å². The number of hydrogen-bond donors (Lipinski definition) is 2. The van der Waals surface area contributed by atoms with E-state index < -0.39 is 10.0 Å². The highest BCUT2D eigenvalue weighted by Crippen LogP contribution is 2.29. The number of fused-ring (bicyclic) bond motifs is 1. The van der Waals surface area contributed by atoms with Crippen molar-refractivity contribution in [3.8, 4) is 5.75 Å². The van der Waals surface area contributed by atoms with Crippen LogP contribution >= 0.6 is 24.0 Å². The number of guanidine groups is 1. The number of rotatable bonds is 7. The number of nitrogens with zero attached hydrogens (tertiary/aromatic N) is 2. The Morgan fingerprint density at radius 2 is 1.78 bits per heavy atom. The molecule has 0 bridgehead atoms. The van der Waals surface area contributed by atoms with Gasteiger partial charge in [-0.25, -0.2) is 8.42 Å². The van der Waals surface area contributed by atoms with Gasteiger partial charge in [-0.05, 0) is 44.9 Å². The standard InChI is InChI=1S/C23H32N4O3S.HI/c1-23(2,3)30-21-12-8-6-10-19(21)17-26-22(24-4)25-14-16-31(28,29)27-15-13-18-9-5-7-11-20(18)27;/h5-12H,13-17H2,1-4H3,(H2,24,25,26);1H. The molecule has 2 N–H and O–H groups in total. The predicted molar refractivity (Wildman–Crippen MR) is 142 cm³/mol. The van der Waals surface area contributed by atoms with Gasteiger partial charge >= 0.3 is 0 Å². The minimum absolute atomic E-state index is 0. The van der Waals surface area contributed by atoms with Crippen LogP contribution in [0.4, 0.5) is 5.69 Å². The van der Waals surface area contributed by atoms with Crippen molar-refractivity contribution >= 4 is 45.6 Å². The third-order valence-corrected chi connectivity index (χ3v) is 6.66. The van der Waals surface area contributed by atoms with Crippen LogP contribution in [0.15, 0.2) is 53.5 Å². The monoisotopic (exact) mass is 572 g/mol. The summed E-state index contributed by atoms with van der Waals surface area (Å²) >= 11 is 0. The van der Waals surface area contributed by atoms with Crippen LogP contribution in [0, 0.1) is 0 Å². The molecular formula is C23H33IN4O3S. The van der Waals surface area contributed by atoms with Crippen LogP contribution in [0.2, 0.25) is 0 Å². The average Bonchev–Trinajstić information content (AvgIpc) is 3.15. The van der Waals surface area contributed by atoms with E-state index in [1.54, 1.807) is 7.05 Å². The predicted octanol–water partition coefficient (Wildman–Crippen LogP) is 3.54. The van der Waals surface area contributed by atoms with Crippen molar-refractivity contribution in [2.24, 2.45) is 4.99 Å². The maximum Gasteiger partial charge on any atom is 0.236 e. The molecule has 1 aliphatic rings. The maximum atomic E-state index is 12.8. The Morgan fingerprint density at radius 1 is 1.09 bits per heavy atom. The summed E-state index contributed by atoms with van der Waals surface area (Å²) in [6.45, 7) is 7.31. The molecule has 0 radical (unpaired) electrons. The number of nitrogens with one attached hydrogen (secondary N) is 2. The summed E-state index contributed by atoms with van der Waals surface area (Å²) in [5.74, 6) is 1.35. The van der Waals surface area contributed by atoms with Gasteiger partial charge in [0.15, 0.2) is 5.96 Å². The van der Waals surface area contributed by atoms with Crippen molar-refractivity contribution in [3.05, 3.63) is 59.7 Å². The van der Waals surface area contributed by atoms with E-state index in [0.29, 0.717) is 19.0 Å². The lowest BCUT2D eigenvalue weighted by Crippen LogP contribution is -2.41. The summed E-state index contributed by atoms with van der Waals surface area (Å²) in [4.78, 5) is 4.21. The Morgan fingerprint density at radius 3 is 2.50 bits per heavy atom. The van der Waals surface area contributed by atoms with Gasteiger partial charge in [-0.1, -0.05) is 36.4 Å². The fourth-order valence-corrected chi connectivity index (χ4v) is 4.91. The third kappa shape index (κ3) is 6.99. The molecule has 0 fully saturated rings. The van der Waals surface area contributed by atoms with Crippen molar-refractivity contribution in [1.29, 1.82) is 0 Å². The zero-order chi connectivity index (χ0) is 22.5. The molecule has 9 heteroatoms. The SMILES string of the molecule is CN=C(NCCS(=O)(=O)N1CCc2ccccc21)NCc1ccccc1OC(C)(C)C.I. The zero-order valence-corrected chi connectivity index (χ0v) is 22.2. The van der Waals surface area contributed by atoms with E-state index in [-0.39, 0.29) is 41.9 Å². The van der Waals surface area contributed by atoms with Crippen LogP contribution in [0.25, 0.3) is 0 Å². The molecule has 0 spiro atoms. The second kappa shape index (κ2) is 11.2. The third-order valence-electron chi connectivity index (χ3n) is 4.89. The van der Waals surface area contributed by atoms with E-state index >= 15 is 0 Å². The number of benzene rings is 2. The van der Waals surface area contributed by atoms with Gasteiger partial charge in [0, 0.05) is 32.2 Å². The van der Waals surface area contributed by atoms with Gasteiger partial charge in [0.05, 0.1) is 11.4 Å². The van der Waals surface area contributed by atoms with Gasteiger partial charge in [0.2, 0.25) is 10.0 Å².